The van der Waals surface area contributed by atoms with Gasteiger partial charge in [-0.15, -0.1) is 11.8 Å². The summed E-state index contributed by atoms with van der Waals surface area (Å²) in [4.78, 5) is 13.9. The van der Waals surface area contributed by atoms with Crippen LogP contribution in [0.15, 0.2) is 0 Å². The summed E-state index contributed by atoms with van der Waals surface area (Å²) in [5, 5.41) is 3.31. The number of ether oxygens (including phenoxy) is 1. The molecule has 2 heterocycles. The Kier molecular flexibility index (Phi) is 5.61. The number of carbonyl (C=O) groups is 1. The third-order valence-electron chi connectivity index (χ3n) is 3.25. The Morgan fingerprint density at radius 1 is 1.35 bits per heavy atom. The van der Waals surface area contributed by atoms with Crippen molar-refractivity contribution in [2.24, 2.45) is 0 Å². The molecule has 0 aliphatic carbocycles. The molecule has 0 aromatic heterocycles. The maximum absolute atomic E-state index is 12.0. The molecule has 5 heteroatoms. The highest BCUT2D eigenvalue weighted by atomic mass is 32.2. The Hall–Kier alpha value is -0.260. The monoisotopic (exact) mass is 258 g/mol. The zero-order chi connectivity index (χ0) is 11.9. The quantitative estimate of drug-likeness (QED) is 0.807. The molecule has 0 bridgehead atoms. The van der Waals surface area contributed by atoms with E-state index in [1.165, 1.54) is 6.42 Å². The molecule has 1 amide bonds. The highest BCUT2D eigenvalue weighted by Gasteiger charge is 2.18. The van der Waals surface area contributed by atoms with Crippen LogP contribution in [0.25, 0.3) is 0 Å². The van der Waals surface area contributed by atoms with E-state index in [0.29, 0.717) is 11.9 Å². The van der Waals surface area contributed by atoms with Crippen LogP contribution < -0.4 is 5.32 Å². The summed E-state index contributed by atoms with van der Waals surface area (Å²) >= 11 is 1.72. The van der Waals surface area contributed by atoms with E-state index in [4.69, 9.17) is 4.74 Å². The minimum absolute atomic E-state index is 0.289. The van der Waals surface area contributed by atoms with Gasteiger partial charge in [-0.25, -0.2) is 0 Å². The first-order valence-corrected chi connectivity index (χ1v) is 7.69. The van der Waals surface area contributed by atoms with Crippen molar-refractivity contribution in [2.45, 2.75) is 25.4 Å². The van der Waals surface area contributed by atoms with Crippen LogP contribution in [0, 0.1) is 0 Å². The molecular weight excluding hydrogens is 236 g/mol. The SMILES string of the molecule is O=C(CSCC1CCCO1)N1CCCNCC1. The number of rotatable bonds is 4. The average molecular weight is 258 g/mol. The molecule has 0 aromatic carbocycles. The van der Waals surface area contributed by atoms with Crippen molar-refractivity contribution in [1.82, 2.24) is 10.2 Å². The van der Waals surface area contributed by atoms with Gasteiger partial charge in [-0.3, -0.25) is 4.79 Å². The van der Waals surface area contributed by atoms with Gasteiger partial charge in [0.05, 0.1) is 11.9 Å². The maximum atomic E-state index is 12.0. The smallest absolute Gasteiger partial charge is 0.232 e. The molecule has 0 aromatic rings. The lowest BCUT2D eigenvalue weighted by Gasteiger charge is -2.20. The minimum atomic E-state index is 0.289. The Morgan fingerprint density at radius 2 is 2.29 bits per heavy atom. The lowest BCUT2D eigenvalue weighted by atomic mass is 10.3. The molecular formula is C12H22N2O2S. The second-order valence-electron chi connectivity index (χ2n) is 4.63. The zero-order valence-corrected chi connectivity index (χ0v) is 11.1. The molecule has 2 aliphatic heterocycles. The highest BCUT2D eigenvalue weighted by Crippen LogP contribution is 2.17. The molecule has 2 saturated heterocycles. The molecule has 2 fully saturated rings. The molecule has 4 nitrogen and oxygen atoms in total. The fourth-order valence-corrected chi connectivity index (χ4v) is 3.24. The van der Waals surface area contributed by atoms with Crippen LogP contribution >= 0.6 is 11.8 Å². The number of amides is 1. The zero-order valence-electron chi connectivity index (χ0n) is 10.3. The number of nitrogens with zero attached hydrogens (tertiary/aromatic N) is 1. The van der Waals surface area contributed by atoms with Gasteiger partial charge in [0.2, 0.25) is 5.91 Å². The van der Waals surface area contributed by atoms with E-state index < -0.39 is 0 Å². The van der Waals surface area contributed by atoms with Crippen molar-refractivity contribution in [1.29, 1.82) is 0 Å². The molecule has 0 radical (unpaired) electrons. The second-order valence-corrected chi connectivity index (χ2v) is 5.66. The largest absolute Gasteiger partial charge is 0.377 e. The van der Waals surface area contributed by atoms with Crippen molar-refractivity contribution in [3.8, 4) is 0 Å². The fraction of sp³-hybridized carbons (Fsp3) is 0.917. The summed E-state index contributed by atoms with van der Waals surface area (Å²) in [6.07, 6.45) is 3.80. The highest BCUT2D eigenvalue weighted by molar-refractivity contribution is 7.99. The van der Waals surface area contributed by atoms with Crippen molar-refractivity contribution in [3.05, 3.63) is 0 Å². The fourth-order valence-electron chi connectivity index (χ4n) is 2.24. The van der Waals surface area contributed by atoms with Gasteiger partial charge in [-0.05, 0) is 25.8 Å². The third-order valence-corrected chi connectivity index (χ3v) is 4.30. The average Bonchev–Trinajstić information content (AvgIpc) is 2.69. The maximum Gasteiger partial charge on any atom is 0.232 e. The normalized spacial score (nSPS) is 25.9. The number of thioether (sulfide) groups is 1. The van der Waals surface area contributed by atoms with E-state index in [9.17, 15) is 4.79 Å². The first kappa shape index (κ1) is 13.2. The molecule has 1 N–H and O–H groups in total. The number of nitrogens with one attached hydrogen (secondary N) is 1. The molecule has 1 atom stereocenters. The van der Waals surface area contributed by atoms with Crippen LogP contribution in [-0.2, 0) is 9.53 Å². The van der Waals surface area contributed by atoms with Gasteiger partial charge in [0.15, 0.2) is 0 Å². The van der Waals surface area contributed by atoms with Gasteiger partial charge < -0.3 is 15.0 Å². The standard InChI is InChI=1S/C12H22N2O2S/c15-12(14-6-2-4-13-5-7-14)10-17-9-11-3-1-8-16-11/h11,13H,1-10H2. The Bertz CT molecular complexity index is 237. The lowest BCUT2D eigenvalue weighted by Crippen LogP contribution is -2.35. The van der Waals surface area contributed by atoms with E-state index in [2.05, 4.69) is 5.32 Å². The molecule has 0 spiro atoms. The Labute approximate surface area is 107 Å². The van der Waals surface area contributed by atoms with Crippen molar-refractivity contribution in [2.75, 3.05) is 44.3 Å². The molecule has 0 saturated carbocycles. The summed E-state index contributed by atoms with van der Waals surface area (Å²) in [7, 11) is 0. The summed E-state index contributed by atoms with van der Waals surface area (Å²) in [5.74, 6) is 1.87. The molecule has 98 valence electrons. The van der Waals surface area contributed by atoms with E-state index in [1.54, 1.807) is 11.8 Å². The van der Waals surface area contributed by atoms with E-state index in [-0.39, 0.29) is 5.91 Å². The first-order valence-electron chi connectivity index (χ1n) is 6.54. The van der Waals surface area contributed by atoms with Crippen LogP contribution in [0.1, 0.15) is 19.3 Å². The van der Waals surface area contributed by atoms with Gasteiger partial charge in [0, 0.05) is 32.0 Å². The lowest BCUT2D eigenvalue weighted by molar-refractivity contribution is -0.128. The first-order chi connectivity index (χ1) is 8.36. The predicted octanol–water partition coefficient (Wildman–Crippen LogP) is 0.721. The van der Waals surface area contributed by atoms with Crippen molar-refractivity contribution >= 4 is 17.7 Å². The third kappa shape index (κ3) is 4.48. The van der Waals surface area contributed by atoms with Crippen molar-refractivity contribution < 1.29 is 9.53 Å². The number of hydrogen-bond acceptors (Lipinski definition) is 4. The van der Waals surface area contributed by atoms with Gasteiger partial charge >= 0.3 is 0 Å². The molecule has 2 aliphatic rings. The van der Waals surface area contributed by atoms with E-state index >= 15 is 0 Å². The van der Waals surface area contributed by atoms with Crippen LogP contribution in [0.2, 0.25) is 0 Å². The number of carbonyl (C=O) groups excluding carboxylic acids is 1. The van der Waals surface area contributed by atoms with Crippen LogP contribution in [0.4, 0.5) is 0 Å². The van der Waals surface area contributed by atoms with E-state index in [1.807, 2.05) is 4.90 Å². The van der Waals surface area contributed by atoms with Gasteiger partial charge in [-0.2, -0.15) is 0 Å². The summed E-state index contributed by atoms with van der Waals surface area (Å²) in [6, 6.07) is 0. The van der Waals surface area contributed by atoms with Gasteiger partial charge in [-0.1, -0.05) is 0 Å². The minimum Gasteiger partial charge on any atom is -0.377 e. The van der Waals surface area contributed by atoms with Gasteiger partial charge in [0.25, 0.3) is 0 Å². The van der Waals surface area contributed by atoms with Crippen molar-refractivity contribution in [3.63, 3.8) is 0 Å². The Balaban J connectivity index is 1.61. The molecule has 2 rings (SSSR count). The van der Waals surface area contributed by atoms with E-state index in [0.717, 1.165) is 51.4 Å². The predicted molar refractivity (Wildman–Crippen MR) is 70.4 cm³/mol. The Morgan fingerprint density at radius 3 is 3.12 bits per heavy atom. The summed E-state index contributed by atoms with van der Waals surface area (Å²) in [6.45, 7) is 4.64. The summed E-state index contributed by atoms with van der Waals surface area (Å²) < 4.78 is 5.54. The van der Waals surface area contributed by atoms with Gasteiger partial charge in [0.1, 0.15) is 0 Å². The van der Waals surface area contributed by atoms with Crippen LogP contribution in [-0.4, -0.2) is 61.2 Å². The topological polar surface area (TPSA) is 41.6 Å². The second kappa shape index (κ2) is 7.24. The van der Waals surface area contributed by atoms with Crippen LogP contribution in [0.3, 0.4) is 0 Å². The molecule has 1 unspecified atom stereocenters. The summed E-state index contributed by atoms with van der Waals surface area (Å²) in [5.41, 5.74) is 0. The van der Waals surface area contributed by atoms with Crippen LogP contribution in [0.5, 0.6) is 0 Å². The number of hydrogen-bond donors (Lipinski definition) is 1. The molecule has 17 heavy (non-hydrogen) atoms.